The fraction of sp³-hybridized carbons (Fsp3) is 0.403. The van der Waals surface area contributed by atoms with Crippen molar-refractivity contribution in [2.75, 3.05) is 59.7 Å². The Hall–Kier alpha value is -11.3. The van der Waals surface area contributed by atoms with Gasteiger partial charge in [-0.15, -0.1) is 0 Å². The zero-order valence-electron chi connectivity index (χ0n) is 54.4. The molecule has 0 spiro atoms. The van der Waals surface area contributed by atoms with E-state index in [0.717, 1.165) is 71.6 Å². The summed E-state index contributed by atoms with van der Waals surface area (Å²) in [6.07, 6.45) is 16.5. The molecule has 1 saturated carbocycles. The van der Waals surface area contributed by atoms with E-state index < -0.39 is 65.4 Å². The van der Waals surface area contributed by atoms with E-state index in [1.807, 2.05) is 20.6 Å². The summed E-state index contributed by atoms with van der Waals surface area (Å²) >= 11 is 0. The number of fused-ring (bicyclic) bond motifs is 3. The number of anilines is 12. The molecule has 3 aliphatic heterocycles. The molecule has 0 aromatic carbocycles. The Bertz CT molecular complexity index is 4700. The summed E-state index contributed by atoms with van der Waals surface area (Å²) < 4.78 is 49.1. The smallest absolute Gasteiger partial charge is 0.301 e. The number of rotatable bonds is 21. The number of nitrogens with zero attached hydrogens (tertiary/aromatic N) is 16. The van der Waals surface area contributed by atoms with E-state index in [1.54, 1.807) is 17.3 Å². The van der Waals surface area contributed by atoms with E-state index in [2.05, 4.69) is 69.0 Å². The van der Waals surface area contributed by atoms with E-state index >= 15 is 0 Å². The van der Waals surface area contributed by atoms with Crippen LogP contribution in [0.1, 0.15) is 121 Å². The molecular formula is C67H69F3N24O7. The number of pyridine rings is 3. The lowest BCUT2D eigenvalue weighted by Gasteiger charge is -2.32. The number of primary amides is 1. The summed E-state index contributed by atoms with van der Waals surface area (Å²) in [6.45, 7) is 2.45. The first-order chi connectivity index (χ1) is 48.9. The molecule has 11 N–H and O–H groups in total. The van der Waals surface area contributed by atoms with Crippen LogP contribution < -0.4 is 52.3 Å². The van der Waals surface area contributed by atoms with Crippen molar-refractivity contribution >= 4 is 93.6 Å². The minimum Gasteiger partial charge on any atom is -0.418 e. The maximum Gasteiger partial charge on any atom is 0.301 e. The van der Waals surface area contributed by atoms with Gasteiger partial charge in [0.2, 0.25) is 59.2 Å². The second kappa shape index (κ2) is 26.1. The van der Waals surface area contributed by atoms with Crippen molar-refractivity contribution in [1.82, 2.24) is 69.6 Å². The van der Waals surface area contributed by atoms with Crippen LogP contribution in [0.4, 0.5) is 83.2 Å². The van der Waals surface area contributed by atoms with Gasteiger partial charge in [0, 0.05) is 66.5 Å². The number of aromatic nitrogens is 14. The first kappa shape index (κ1) is 64.4. The molecule has 4 amide bonds. The van der Waals surface area contributed by atoms with E-state index in [4.69, 9.17) is 45.0 Å². The quantitative estimate of drug-likeness (QED) is 0.0352. The second-order valence-corrected chi connectivity index (χ2v) is 26.9. The molecule has 4 fully saturated rings. The summed E-state index contributed by atoms with van der Waals surface area (Å²) in [7, 11) is 0. The summed E-state index contributed by atoms with van der Waals surface area (Å²) in [6, 6.07) is 6.60. The highest BCUT2D eigenvalue weighted by molar-refractivity contribution is 5.99. The molecular weight excluding hydrogens is 1310 g/mol. The number of H-pyrrole nitrogens is 1. The molecule has 0 bridgehead atoms. The van der Waals surface area contributed by atoms with E-state index in [0.29, 0.717) is 110 Å². The second-order valence-electron chi connectivity index (χ2n) is 26.9. The van der Waals surface area contributed by atoms with Crippen molar-refractivity contribution in [3.8, 4) is 0 Å². The van der Waals surface area contributed by atoms with Crippen LogP contribution in [0, 0.1) is 29.7 Å². The Morgan fingerprint density at radius 3 is 1.74 bits per heavy atom. The van der Waals surface area contributed by atoms with Gasteiger partial charge in [-0.25, -0.2) is 39.9 Å². The molecule has 12 heterocycles. The number of aryl methyl sites for hydroxylation is 3. The third-order valence-corrected chi connectivity index (χ3v) is 20.3. The van der Waals surface area contributed by atoms with Crippen LogP contribution in [0.3, 0.4) is 0 Å². The third kappa shape index (κ3) is 12.9. The molecule has 3 saturated heterocycles. The van der Waals surface area contributed by atoms with Crippen molar-refractivity contribution in [3.05, 3.63) is 143 Å². The van der Waals surface area contributed by atoms with Gasteiger partial charge in [-0.2, -0.15) is 33.2 Å². The zero-order chi connectivity index (χ0) is 69.4. The van der Waals surface area contributed by atoms with Crippen LogP contribution in [0.5, 0.6) is 0 Å². The Balaban J connectivity index is 0.641. The SMILES string of the molecule is CC(CC1CCC(C(=O)Nc2ccc(F)nc2)N1c1nc2c(c(Nc3cc(C4(O)CC4C4CC(C(=O)Nc5ccc(F)nc5)N(c5nc6c(c(Nc7ncc(C(N)=O)o7)n5)CCC6)C4)[nH]n3)n1)CCC2)n1cnc(Nc2nc(N3CC(O)CC3C(=O)Nc3ccc(F)nc3)nc3c2CCC3)c1. The lowest BCUT2D eigenvalue weighted by molar-refractivity contribution is -0.118. The van der Waals surface area contributed by atoms with Gasteiger partial charge >= 0.3 is 6.01 Å². The van der Waals surface area contributed by atoms with Crippen LogP contribution in [-0.4, -0.2) is 147 Å². The molecule has 9 aromatic rings. The molecule has 9 aromatic heterocycles. The van der Waals surface area contributed by atoms with Gasteiger partial charge in [0.15, 0.2) is 5.82 Å². The highest BCUT2D eigenvalue weighted by Crippen LogP contribution is 2.58. The molecule has 9 atom stereocenters. The number of aliphatic hydroxyl groups excluding tert-OH is 1. The summed E-state index contributed by atoms with van der Waals surface area (Å²) in [5.41, 5.74) is 10.5. The van der Waals surface area contributed by atoms with Crippen LogP contribution >= 0.6 is 0 Å². The predicted molar refractivity (Wildman–Crippen MR) is 358 cm³/mol. The normalized spacial score (nSPS) is 22.8. The van der Waals surface area contributed by atoms with Gasteiger partial charge in [0.25, 0.3) is 5.91 Å². The molecule has 520 valence electrons. The fourth-order valence-electron chi connectivity index (χ4n) is 15.3. The monoisotopic (exact) mass is 1380 g/mol. The first-order valence-electron chi connectivity index (χ1n) is 33.7. The average Bonchev–Trinajstić information content (AvgIpc) is 1.56. The minimum absolute atomic E-state index is 0.00199. The Labute approximate surface area is 573 Å². The fourth-order valence-corrected chi connectivity index (χ4v) is 15.3. The van der Waals surface area contributed by atoms with Gasteiger partial charge in [-0.1, -0.05) is 0 Å². The largest absolute Gasteiger partial charge is 0.418 e. The number of oxazole rings is 1. The molecule has 7 aliphatic rings. The van der Waals surface area contributed by atoms with Crippen LogP contribution in [0.25, 0.3) is 0 Å². The molecule has 101 heavy (non-hydrogen) atoms. The van der Waals surface area contributed by atoms with Gasteiger partial charge in [0.1, 0.15) is 47.0 Å². The number of carbonyl (C=O) groups is 4. The van der Waals surface area contributed by atoms with Gasteiger partial charge < -0.3 is 66.2 Å². The number of aromatic amines is 1. The van der Waals surface area contributed by atoms with Crippen molar-refractivity contribution in [2.45, 2.75) is 145 Å². The molecule has 9 unspecified atom stereocenters. The van der Waals surface area contributed by atoms with Gasteiger partial charge in [-0.05, 0) is 139 Å². The number of carbonyl (C=O) groups excluding carboxylic acids is 4. The van der Waals surface area contributed by atoms with Crippen LogP contribution in [0.2, 0.25) is 0 Å². The van der Waals surface area contributed by atoms with Crippen molar-refractivity contribution < 1.29 is 47.0 Å². The number of hydrogen-bond acceptors (Lipinski definition) is 25. The van der Waals surface area contributed by atoms with Crippen molar-refractivity contribution in [1.29, 1.82) is 0 Å². The molecule has 31 nitrogen and oxygen atoms in total. The van der Waals surface area contributed by atoms with Crippen molar-refractivity contribution in [3.63, 3.8) is 0 Å². The number of amides is 4. The Kier molecular flexibility index (Phi) is 16.6. The predicted octanol–water partition coefficient (Wildman–Crippen LogP) is 6.31. The lowest BCUT2D eigenvalue weighted by atomic mass is 9.96. The Morgan fingerprint density at radius 1 is 0.644 bits per heavy atom. The zero-order valence-corrected chi connectivity index (χ0v) is 54.4. The number of halogens is 3. The summed E-state index contributed by atoms with van der Waals surface area (Å²) in [5.74, 6) is -1.68. The average molecular weight is 1380 g/mol. The molecule has 34 heteroatoms. The molecule has 16 rings (SSSR count). The number of β-amino-alcohol motifs (C(OH)–C–C–N with tert-alkyl or cyclic N) is 1. The van der Waals surface area contributed by atoms with E-state index in [-0.39, 0.29) is 85.1 Å². The number of imidazole rings is 1. The van der Waals surface area contributed by atoms with Gasteiger partial charge in [-0.3, -0.25) is 29.6 Å². The topological polar surface area (TPSA) is 405 Å². The van der Waals surface area contributed by atoms with E-state index in [9.17, 15) is 42.6 Å². The number of aliphatic hydroxyl groups is 2. The van der Waals surface area contributed by atoms with Crippen LogP contribution in [0.15, 0.2) is 84.2 Å². The van der Waals surface area contributed by atoms with E-state index in [1.165, 1.54) is 49.1 Å². The van der Waals surface area contributed by atoms with Gasteiger partial charge in [0.05, 0.1) is 77.1 Å². The molecule has 4 aliphatic carbocycles. The van der Waals surface area contributed by atoms with Crippen molar-refractivity contribution in [2.24, 2.45) is 17.6 Å². The minimum atomic E-state index is -1.38. The maximum atomic E-state index is 14.6. The number of hydrogen-bond donors (Lipinski definition) is 10. The number of nitrogens with two attached hydrogens (primary N) is 1. The summed E-state index contributed by atoms with van der Waals surface area (Å²) in [4.78, 5) is 110. The lowest BCUT2D eigenvalue weighted by Crippen LogP contribution is -2.45. The third-order valence-electron chi connectivity index (χ3n) is 20.3. The maximum absolute atomic E-state index is 14.6. The highest BCUT2D eigenvalue weighted by atomic mass is 19.1. The number of nitrogens with one attached hydrogen (secondary N) is 7. The molecule has 0 radical (unpaired) electrons. The first-order valence-corrected chi connectivity index (χ1v) is 33.7. The Morgan fingerprint density at radius 2 is 1.18 bits per heavy atom. The standard InChI is InChI=1S/C67H69F3N24O7/c1-32(91-30-55(76-31-91)84-58-39-5-2-8-43(39)81-64(85-58)93-29-38(95)21-48(93)62(99)79-36-13-18-53(70)74-26-36)19-37-14-15-46(60(97)77-34-11-16-51(68)72-24-34)94(37)65-82-45-10-3-6-40(45)57(87-65)83-54-22-50(89-90-54)67(100)23-42(67)33-20-47(61(98)78-35-12-17-52(69)73-25-35)92(28-33)63-80-44-9-4-7-41(44)59(86-63)88-66-75-27-49(101-66)56(71)96/h11-13,16-18,22,24-27,30-33,37-38,42,46-48,95,100H,2-10,14-15,19-21,23,28-29H2,1H3,(H2,71,96)(H,77,97)(H,78,98)(H,79,99)(H,81,84,85)(H,75,80,86,88)(H2,82,83,87,89,90). The highest BCUT2D eigenvalue weighted by Gasteiger charge is 2.61. The van der Waals surface area contributed by atoms with Crippen LogP contribution in [-0.2, 0) is 58.5 Å². The summed E-state index contributed by atoms with van der Waals surface area (Å²) in [5, 5.41) is 49.8.